The molecular formula is C15H21N3O3. The fourth-order valence-corrected chi connectivity index (χ4v) is 2.23. The smallest absolute Gasteiger partial charge is 0.161 e. The highest BCUT2D eigenvalue weighted by atomic mass is 16.5. The summed E-state index contributed by atoms with van der Waals surface area (Å²) < 4.78 is 12.4. The summed E-state index contributed by atoms with van der Waals surface area (Å²) in [6, 6.07) is 5.62. The lowest BCUT2D eigenvalue weighted by molar-refractivity contribution is 0.277. The van der Waals surface area contributed by atoms with E-state index in [1.54, 1.807) is 14.2 Å². The SMILES string of the molecule is COc1ccc(-c2c(CO)nnn2CC(C)C)cc1OC. The van der Waals surface area contributed by atoms with Crippen LogP contribution in [0.25, 0.3) is 11.3 Å². The molecule has 0 saturated heterocycles. The second kappa shape index (κ2) is 6.58. The fraction of sp³-hybridized carbons (Fsp3) is 0.467. The van der Waals surface area contributed by atoms with Gasteiger partial charge in [0.25, 0.3) is 0 Å². The Hall–Kier alpha value is -2.08. The van der Waals surface area contributed by atoms with Crippen LogP contribution in [0.2, 0.25) is 0 Å². The molecule has 0 radical (unpaired) electrons. The van der Waals surface area contributed by atoms with E-state index in [1.165, 1.54) is 0 Å². The van der Waals surface area contributed by atoms with Gasteiger partial charge in [-0.25, -0.2) is 4.68 Å². The Morgan fingerprint density at radius 1 is 1.19 bits per heavy atom. The molecule has 2 aromatic rings. The average Bonchev–Trinajstić information content (AvgIpc) is 2.88. The summed E-state index contributed by atoms with van der Waals surface area (Å²) in [5.74, 6) is 1.73. The fourth-order valence-electron chi connectivity index (χ4n) is 2.23. The van der Waals surface area contributed by atoms with E-state index in [9.17, 15) is 5.11 Å². The summed E-state index contributed by atoms with van der Waals surface area (Å²) in [6.45, 7) is 4.80. The van der Waals surface area contributed by atoms with Crippen molar-refractivity contribution in [2.75, 3.05) is 14.2 Å². The third kappa shape index (κ3) is 3.16. The van der Waals surface area contributed by atoms with E-state index < -0.39 is 0 Å². The number of aromatic nitrogens is 3. The zero-order chi connectivity index (χ0) is 15.4. The zero-order valence-electron chi connectivity index (χ0n) is 12.8. The molecule has 0 spiro atoms. The van der Waals surface area contributed by atoms with Crippen molar-refractivity contribution >= 4 is 0 Å². The van der Waals surface area contributed by atoms with Crippen molar-refractivity contribution < 1.29 is 14.6 Å². The number of ether oxygens (including phenoxy) is 2. The van der Waals surface area contributed by atoms with Crippen LogP contribution in [0.1, 0.15) is 19.5 Å². The first-order chi connectivity index (χ1) is 10.1. The molecule has 0 saturated carbocycles. The second-order valence-electron chi connectivity index (χ2n) is 5.19. The van der Waals surface area contributed by atoms with E-state index in [-0.39, 0.29) is 6.61 Å². The van der Waals surface area contributed by atoms with Gasteiger partial charge in [0, 0.05) is 12.1 Å². The Balaban J connectivity index is 2.52. The van der Waals surface area contributed by atoms with E-state index in [4.69, 9.17) is 9.47 Å². The van der Waals surface area contributed by atoms with Crippen LogP contribution in [0.15, 0.2) is 18.2 Å². The molecule has 114 valence electrons. The molecule has 2 rings (SSSR count). The van der Waals surface area contributed by atoms with Crippen molar-refractivity contribution in [3.63, 3.8) is 0 Å². The lowest BCUT2D eigenvalue weighted by atomic mass is 10.1. The lowest BCUT2D eigenvalue weighted by Crippen LogP contribution is -2.08. The number of hydrogen-bond acceptors (Lipinski definition) is 5. The molecule has 1 N–H and O–H groups in total. The van der Waals surface area contributed by atoms with Gasteiger partial charge in [-0.2, -0.15) is 0 Å². The highest BCUT2D eigenvalue weighted by molar-refractivity contribution is 5.66. The van der Waals surface area contributed by atoms with Gasteiger partial charge in [-0.15, -0.1) is 5.10 Å². The molecule has 0 aliphatic carbocycles. The van der Waals surface area contributed by atoms with Gasteiger partial charge in [0.1, 0.15) is 5.69 Å². The molecule has 1 heterocycles. The molecule has 0 fully saturated rings. The summed E-state index contributed by atoms with van der Waals surface area (Å²) in [5, 5.41) is 17.7. The summed E-state index contributed by atoms with van der Waals surface area (Å²) >= 11 is 0. The monoisotopic (exact) mass is 291 g/mol. The Morgan fingerprint density at radius 3 is 2.48 bits per heavy atom. The molecular weight excluding hydrogens is 270 g/mol. The van der Waals surface area contributed by atoms with Gasteiger partial charge in [0.05, 0.1) is 26.5 Å². The minimum absolute atomic E-state index is 0.151. The highest BCUT2D eigenvalue weighted by Crippen LogP contribution is 2.33. The maximum absolute atomic E-state index is 9.48. The van der Waals surface area contributed by atoms with Crippen molar-refractivity contribution in [1.29, 1.82) is 0 Å². The largest absolute Gasteiger partial charge is 0.493 e. The van der Waals surface area contributed by atoms with Crippen molar-refractivity contribution in [2.45, 2.75) is 27.0 Å². The van der Waals surface area contributed by atoms with Crippen LogP contribution < -0.4 is 9.47 Å². The highest BCUT2D eigenvalue weighted by Gasteiger charge is 2.17. The molecule has 0 aliphatic heterocycles. The molecule has 1 aromatic carbocycles. The number of hydrogen-bond donors (Lipinski definition) is 1. The predicted molar refractivity (Wildman–Crippen MR) is 79.3 cm³/mol. The number of benzene rings is 1. The van der Waals surface area contributed by atoms with Crippen LogP contribution in [-0.4, -0.2) is 34.3 Å². The first-order valence-corrected chi connectivity index (χ1v) is 6.86. The topological polar surface area (TPSA) is 69.4 Å². The van der Waals surface area contributed by atoms with Gasteiger partial charge in [0.2, 0.25) is 0 Å². The van der Waals surface area contributed by atoms with E-state index in [0.29, 0.717) is 23.1 Å². The zero-order valence-corrected chi connectivity index (χ0v) is 12.8. The van der Waals surface area contributed by atoms with Crippen LogP contribution >= 0.6 is 0 Å². The van der Waals surface area contributed by atoms with E-state index in [0.717, 1.165) is 17.8 Å². The van der Waals surface area contributed by atoms with Crippen molar-refractivity contribution in [3.8, 4) is 22.8 Å². The summed E-state index contributed by atoms with van der Waals surface area (Å²) in [5.41, 5.74) is 2.26. The summed E-state index contributed by atoms with van der Waals surface area (Å²) in [4.78, 5) is 0. The van der Waals surface area contributed by atoms with Crippen LogP contribution in [0, 0.1) is 5.92 Å². The first-order valence-electron chi connectivity index (χ1n) is 6.86. The summed E-state index contributed by atoms with van der Waals surface area (Å²) in [7, 11) is 3.19. The Kier molecular flexibility index (Phi) is 4.80. The van der Waals surface area contributed by atoms with Crippen LogP contribution in [-0.2, 0) is 13.2 Å². The van der Waals surface area contributed by atoms with Gasteiger partial charge in [-0.3, -0.25) is 0 Å². The lowest BCUT2D eigenvalue weighted by Gasteiger charge is -2.12. The van der Waals surface area contributed by atoms with E-state index in [1.807, 2.05) is 22.9 Å². The molecule has 1 aromatic heterocycles. The second-order valence-corrected chi connectivity index (χ2v) is 5.19. The Labute approximate surface area is 124 Å². The van der Waals surface area contributed by atoms with Gasteiger partial charge in [-0.1, -0.05) is 19.1 Å². The molecule has 0 amide bonds. The number of methoxy groups -OCH3 is 2. The van der Waals surface area contributed by atoms with Gasteiger partial charge in [0.15, 0.2) is 11.5 Å². The summed E-state index contributed by atoms with van der Waals surface area (Å²) in [6.07, 6.45) is 0. The number of aliphatic hydroxyl groups excluding tert-OH is 1. The number of nitrogens with zero attached hydrogens (tertiary/aromatic N) is 3. The van der Waals surface area contributed by atoms with Gasteiger partial charge >= 0.3 is 0 Å². The first kappa shape index (κ1) is 15.3. The molecule has 0 aliphatic rings. The number of rotatable bonds is 6. The van der Waals surface area contributed by atoms with Crippen molar-refractivity contribution in [1.82, 2.24) is 15.0 Å². The molecule has 21 heavy (non-hydrogen) atoms. The maximum Gasteiger partial charge on any atom is 0.161 e. The predicted octanol–water partition coefficient (Wildman–Crippen LogP) is 2.11. The molecule has 0 unspecified atom stereocenters. The van der Waals surface area contributed by atoms with Gasteiger partial charge in [-0.05, 0) is 24.1 Å². The Bertz CT molecular complexity index is 608. The molecule has 6 nitrogen and oxygen atoms in total. The van der Waals surface area contributed by atoms with Crippen molar-refractivity contribution in [2.24, 2.45) is 5.92 Å². The third-order valence-electron chi connectivity index (χ3n) is 3.15. The molecule has 6 heteroatoms. The van der Waals surface area contributed by atoms with E-state index >= 15 is 0 Å². The molecule has 0 atom stereocenters. The minimum Gasteiger partial charge on any atom is -0.493 e. The Morgan fingerprint density at radius 2 is 1.90 bits per heavy atom. The normalized spacial score (nSPS) is 11.0. The average molecular weight is 291 g/mol. The van der Waals surface area contributed by atoms with Crippen molar-refractivity contribution in [3.05, 3.63) is 23.9 Å². The van der Waals surface area contributed by atoms with Crippen LogP contribution in [0.3, 0.4) is 0 Å². The van der Waals surface area contributed by atoms with E-state index in [2.05, 4.69) is 24.2 Å². The van der Waals surface area contributed by atoms with Crippen LogP contribution in [0.5, 0.6) is 11.5 Å². The molecule has 0 bridgehead atoms. The number of aliphatic hydroxyl groups is 1. The standard InChI is InChI=1S/C15H21N3O3/c1-10(2)8-18-15(12(9-19)16-17-18)11-5-6-13(20-3)14(7-11)21-4/h5-7,10,19H,8-9H2,1-4H3. The minimum atomic E-state index is -0.151. The van der Waals surface area contributed by atoms with Gasteiger partial charge < -0.3 is 14.6 Å². The van der Waals surface area contributed by atoms with Crippen LogP contribution in [0.4, 0.5) is 0 Å². The quantitative estimate of drug-likeness (QED) is 0.882. The third-order valence-corrected chi connectivity index (χ3v) is 3.15. The maximum atomic E-state index is 9.48.